The molecule has 2 atom stereocenters. The molecule has 0 spiro atoms. The molecular formula is C23H24ClN3O3S. The molecule has 1 N–H and O–H groups in total. The molecule has 8 heteroatoms. The van der Waals surface area contributed by atoms with Crippen molar-refractivity contribution in [3.05, 3.63) is 59.1 Å². The molecular weight excluding hydrogens is 434 g/mol. The molecule has 0 saturated carbocycles. The number of aliphatic imine (C=N–C) groups is 1. The lowest BCUT2D eigenvalue weighted by Crippen LogP contribution is -2.38. The lowest BCUT2D eigenvalue weighted by molar-refractivity contribution is -0.129. The molecule has 0 aromatic heterocycles. The number of benzene rings is 2. The fourth-order valence-corrected chi connectivity index (χ4v) is 5.00. The highest BCUT2D eigenvalue weighted by molar-refractivity contribution is 8.15. The second kappa shape index (κ2) is 9.85. The molecule has 2 unspecified atom stereocenters. The summed E-state index contributed by atoms with van der Waals surface area (Å²) < 4.78 is 5.74. The van der Waals surface area contributed by atoms with E-state index in [0.29, 0.717) is 22.4 Å². The predicted molar refractivity (Wildman–Crippen MR) is 125 cm³/mol. The summed E-state index contributed by atoms with van der Waals surface area (Å²) in [5, 5.41) is 3.45. The second-order valence-electron chi connectivity index (χ2n) is 7.69. The number of rotatable bonds is 6. The summed E-state index contributed by atoms with van der Waals surface area (Å²) >= 11 is 7.32. The van der Waals surface area contributed by atoms with Crippen molar-refractivity contribution in [2.24, 2.45) is 4.99 Å². The van der Waals surface area contributed by atoms with Gasteiger partial charge in [-0.25, -0.2) is 4.99 Å². The number of thioether (sulfide) groups is 1. The van der Waals surface area contributed by atoms with E-state index < -0.39 is 5.25 Å². The van der Waals surface area contributed by atoms with Crippen LogP contribution in [-0.2, 0) is 14.3 Å². The van der Waals surface area contributed by atoms with E-state index in [9.17, 15) is 9.59 Å². The van der Waals surface area contributed by atoms with Crippen molar-refractivity contribution in [3.63, 3.8) is 0 Å². The summed E-state index contributed by atoms with van der Waals surface area (Å²) in [7, 11) is 0. The fourth-order valence-electron chi connectivity index (χ4n) is 3.64. The molecule has 2 saturated heterocycles. The van der Waals surface area contributed by atoms with Crippen LogP contribution in [0.3, 0.4) is 0 Å². The highest BCUT2D eigenvalue weighted by Crippen LogP contribution is 2.33. The molecule has 0 radical (unpaired) electrons. The van der Waals surface area contributed by atoms with E-state index in [-0.39, 0.29) is 24.3 Å². The average Bonchev–Trinajstić information content (AvgIpc) is 3.32. The first kappa shape index (κ1) is 21.9. The van der Waals surface area contributed by atoms with Crippen molar-refractivity contribution < 1.29 is 14.3 Å². The molecule has 2 fully saturated rings. The van der Waals surface area contributed by atoms with Crippen LogP contribution in [0.25, 0.3) is 0 Å². The molecule has 0 aliphatic carbocycles. The highest BCUT2D eigenvalue weighted by atomic mass is 35.5. The van der Waals surface area contributed by atoms with Crippen LogP contribution >= 0.6 is 23.4 Å². The van der Waals surface area contributed by atoms with Gasteiger partial charge in [-0.05, 0) is 55.7 Å². The number of carbonyl (C=O) groups is 2. The van der Waals surface area contributed by atoms with Gasteiger partial charge in [0, 0.05) is 23.7 Å². The molecule has 2 aromatic carbocycles. The molecule has 2 aliphatic heterocycles. The van der Waals surface area contributed by atoms with Gasteiger partial charge in [0.05, 0.1) is 18.3 Å². The van der Waals surface area contributed by atoms with E-state index in [1.165, 1.54) is 11.8 Å². The third kappa shape index (κ3) is 5.67. The lowest BCUT2D eigenvalue weighted by Gasteiger charge is -2.20. The molecule has 0 bridgehead atoms. The van der Waals surface area contributed by atoms with Crippen LogP contribution in [-0.4, -0.2) is 46.4 Å². The Labute approximate surface area is 191 Å². The molecule has 2 heterocycles. The van der Waals surface area contributed by atoms with Gasteiger partial charge in [-0.3, -0.25) is 14.5 Å². The minimum Gasteiger partial charge on any atom is -0.376 e. The monoisotopic (exact) mass is 457 g/mol. The third-order valence-corrected chi connectivity index (χ3v) is 6.55. The predicted octanol–water partition coefficient (Wildman–Crippen LogP) is 4.79. The lowest BCUT2D eigenvalue weighted by atomic mass is 10.2. The van der Waals surface area contributed by atoms with E-state index in [2.05, 4.69) is 5.32 Å². The normalized spacial score (nSPS) is 22.3. The Hall–Kier alpha value is -2.35. The number of nitrogens with one attached hydrogen (secondary N) is 1. The van der Waals surface area contributed by atoms with Crippen molar-refractivity contribution in [2.45, 2.75) is 37.5 Å². The van der Waals surface area contributed by atoms with Gasteiger partial charge in [0.1, 0.15) is 5.25 Å². The Balaban J connectivity index is 1.50. The van der Waals surface area contributed by atoms with Gasteiger partial charge in [-0.2, -0.15) is 0 Å². The van der Waals surface area contributed by atoms with Crippen molar-refractivity contribution in [3.8, 4) is 0 Å². The number of hydrogen-bond donors (Lipinski definition) is 1. The highest BCUT2D eigenvalue weighted by Gasteiger charge is 2.40. The van der Waals surface area contributed by atoms with Crippen LogP contribution in [0, 0.1) is 6.92 Å². The molecule has 2 aromatic rings. The van der Waals surface area contributed by atoms with E-state index in [1.54, 1.807) is 29.2 Å². The zero-order valence-electron chi connectivity index (χ0n) is 17.2. The molecule has 162 valence electrons. The maximum absolute atomic E-state index is 13.2. The molecule has 2 amide bonds. The minimum absolute atomic E-state index is 0.00583. The third-order valence-electron chi connectivity index (χ3n) is 5.14. The summed E-state index contributed by atoms with van der Waals surface area (Å²) in [6, 6.07) is 14.8. The van der Waals surface area contributed by atoms with Gasteiger partial charge < -0.3 is 10.1 Å². The smallest absolute Gasteiger partial charge is 0.242 e. The Morgan fingerprint density at radius 3 is 2.87 bits per heavy atom. The molecule has 31 heavy (non-hydrogen) atoms. The zero-order chi connectivity index (χ0) is 21.8. The van der Waals surface area contributed by atoms with E-state index in [1.807, 2.05) is 31.2 Å². The van der Waals surface area contributed by atoms with Crippen LogP contribution in [0.5, 0.6) is 0 Å². The van der Waals surface area contributed by atoms with Crippen molar-refractivity contribution in [1.82, 2.24) is 4.90 Å². The van der Waals surface area contributed by atoms with Crippen LogP contribution < -0.4 is 5.32 Å². The van der Waals surface area contributed by atoms with Gasteiger partial charge in [0.15, 0.2) is 5.17 Å². The maximum atomic E-state index is 13.2. The number of carbonyl (C=O) groups excluding carboxylic acids is 2. The summed E-state index contributed by atoms with van der Waals surface area (Å²) in [6.07, 6.45) is 1.98. The topological polar surface area (TPSA) is 71.0 Å². The maximum Gasteiger partial charge on any atom is 0.242 e. The molecule has 4 rings (SSSR count). The van der Waals surface area contributed by atoms with Crippen molar-refractivity contribution in [2.75, 3.05) is 18.5 Å². The first-order chi connectivity index (χ1) is 15.0. The number of amides is 2. The summed E-state index contributed by atoms with van der Waals surface area (Å²) in [6.45, 7) is 3.18. The van der Waals surface area contributed by atoms with Crippen LogP contribution in [0.2, 0.25) is 5.02 Å². The van der Waals surface area contributed by atoms with Crippen LogP contribution in [0.1, 0.15) is 24.8 Å². The number of hydrogen-bond acceptors (Lipinski definition) is 5. The number of amidine groups is 1. The van der Waals surface area contributed by atoms with Gasteiger partial charge in [-0.1, -0.05) is 41.6 Å². The Kier molecular flexibility index (Phi) is 6.95. The van der Waals surface area contributed by atoms with Gasteiger partial charge in [0.25, 0.3) is 0 Å². The standard InChI is InChI=1S/C23H24ClN3O3S/c1-15-5-2-7-17(11-15)26-23-27(14-19-9-4-10-30-19)22(29)20(31-23)13-21(28)25-18-8-3-6-16(24)12-18/h2-3,5-8,11-12,19-20H,4,9-10,13-14H2,1H3,(H,25,28). The Morgan fingerprint density at radius 2 is 2.13 bits per heavy atom. The van der Waals surface area contributed by atoms with Gasteiger partial charge in [0.2, 0.25) is 11.8 Å². The van der Waals surface area contributed by atoms with Crippen molar-refractivity contribution in [1.29, 1.82) is 0 Å². The van der Waals surface area contributed by atoms with Crippen LogP contribution in [0.15, 0.2) is 53.5 Å². The summed E-state index contributed by atoms with van der Waals surface area (Å²) in [5.74, 6) is -0.338. The summed E-state index contributed by atoms with van der Waals surface area (Å²) in [5.41, 5.74) is 2.49. The number of ether oxygens (including phenoxy) is 1. The van der Waals surface area contributed by atoms with Gasteiger partial charge in [-0.15, -0.1) is 0 Å². The molecule has 6 nitrogen and oxygen atoms in total. The van der Waals surface area contributed by atoms with E-state index in [0.717, 1.165) is 30.7 Å². The minimum atomic E-state index is -0.524. The van der Waals surface area contributed by atoms with Gasteiger partial charge >= 0.3 is 0 Å². The largest absolute Gasteiger partial charge is 0.376 e. The average molecular weight is 458 g/mol. The van der Waals surface area contributed by atoms with Crippen molar-refractivity contribution >= 4 is 51.7 Å². The summed E-state index contributed by atoms with van der Waals surface area (Å²) in [4.78, 5) is 32.2. The Bertz CT molecular complexity index is 1010. The fraction of sp³-hybridized carbons (Fsp3) is 0.348. The SMILES string of the molecule is Cc1cccc(N=C2SC(CC(=O)Nc3cccc(Cl)c3)C(=O)N2CC2CCCO2)c1. The van der Waals surface area contributed by atoms with Crippen LogP contribution in [0.4, 0.5) is 11.4 Å². The number of anilines is 1. The Morgan fingerprint density at radius 1 is 1.29 bits per heavy atom. The quantitative estimate of drug-likeness (QED) is 0.677. The number of nitrogens with zero attached hydrogens (tertiary/aromatic N) is 2. The zero-order valence-corrected chi connectivity index (χ0v) is 18.8. The van der Waals surface area contributed by atoms with E-state index in [4.69, 9.17) is 21.3 Å². The first-order valence-electron chi connectivity index (χ1n) is 10.3. The number of aryl methyl sites for hydroxylation is 1. The molecule has 2 aliphatic rings. The second-order valence-corrected chi connectivity index (χ2v) is 9.29. The number of halogens is 1. The first-order valence-corrected chi connectivity index (χ1v) is 11.5. The van der Waals surface area contributed by atoms with E-state index >= 15 is 0 Å².